The molecule has 6 nitrogen and oxygen atoms in total. The summed E-state index contributed by atoms with van der Waals surface area (Å²) in [5.74, 6) is 0.141. The van der Waals surface area contributed by atoms with E-state index < -0.39 is 11.6 Å². The van der Waals surface area contributed by atoms with E-state index in [2.05, 4.69) is 27.2 Å². The van der Waals surface area contributed by atoms with Gasteiger partial charge in [0.2, 0.25) is 0 Å². The van der Waals surface area contributed by atoms with Crippen LogP contribution >= 0.6 is 0 Å². The van der Waals surface area contributed by atoms with Crippen LogP contribution in [0.4, 0.5) is 14.6 Å². The molecule has 3 aromatic rings. The lowest BCUT2D eigenvalue weighted by Gasteiger charge is -2.23. The van der Waals surface area contributed by atoms with E-state index in [0.29, 0.717) is 31.1 Å². The predicted molar refractivity (Wildman–Crippen MR) is 126 cm³/mol. The fourth-order valence-corrected chi connectivity index (χ4v) is 4.31. The molecule has 8 heteroatoms. The summed E-state index contributed by atoms with van der Waals surface area (Å²) in [7, 11) is 3.52. The Bertz CT molecular complexity index is 1080. The van der Waals surface area contributed by atoms with Crippen LogP contribution in [0.3, 0.4) is 0 Å². The molecule has 1 aliphatic rings. The van der Waals surface area contributed by atoms with Crippen LogP contribution in [-0.2, 0) is 11.8 Å². The second kappa shape index (κ2) is 10.1. The minimum atomic E-state index is -0.570. The van der Waals surface area contributed by atoms with Crippen molar-refractivity contribution >= 4 is 5.82 Å². The lowest BCUT2D eigenvalue weighted by Crippen LogP contribution is -2.37. The van der Waals surface area contributed by atoms with Crippen LogP contribution in [0.1, 0.15) is 11.5 Å². The first kappa shape index (κ1) is 22.9. The van der Waals surface area contributed by atoms with Crippen molar-refractivity contribution in [3.8, 4) is 11.3 Å². The summed E-state index contributed by atoms with van der Waals surface area (Å²) in [6, 6.07) is 15.5. The van der Waals surface area contributed by atoms with Crippen molar-refractivity contribution in [2.24, 2.45) is 7.05 Å². The number of aryl methyl sites for hydroxylation is 1. The molecule has 0 spiro atoms. The number of aromatic nitrogens is 2. The number of rotatable bonds is 9. The van der Waals surface area contributed by atoms with E-state index in [1.165, 1.54) is 12.1 Å². The lowest BCUT2D eigenvalue weighted by molar-refractivity contribution is 0.159. The molecule has 2 N–H and O–H groups in total. The number of hydrogen-bond acceptors (Lipinski definition) is 5. The maximum atomic E-state index is 13.9. The van der Waals surface area contributed by atoms with E-state index in [0.717, 1.165) is 29.7 Å². The van der Waals surface area contributed by atoms with Crippen molar-refractivity contribution in [3.05, 3.63) is 84.2 Å². The summed E-state index contributed by atoms with van der Waals surface area (Å²) in [5, 5.41) is 11.3. The van der Waals surface area contributed by atoms with Crippen LogP contribution in [0.25, 0.3) is 11.3 Å². The first-order valence-corrected chi connectivity index (χ1v) is 10.9. The van der Waals surface area contributed by atoms with Gasteiger partial charge in [0.15, 0.2) is 0 Å². The molecule has 2 atom stereocenters. The predicted octanol–water partition coefficient (Wildman–Crippen LogP) is 3.95. The van der Waals surface area contributed by atoms with Gasteiger partial charge in [-0.3, -0.25) is 9.58 Å². The molecule has 1 fully saturated rings. The Balaban J connectivity index is 1.48. The molecule has 33 heavy (non-hydrogen) atoms. The number of nitrogens with one attached hydrogen (secondary N) is 2. The molecule has 0 unspecified atom stereocenters. The maximum Gasteiger partial charge on any atom is 0.130 e. The molecule has 1 saturated heterocycles. The quantitative estimate of drug-likeness (QED) is 0.514. The third-order valence-corrected chi connectivity index (χ3v) is 5.91. The second-order valence-corrected chi connectivity index (χ2v) is 8.32. The van der Waals surface area contributed by atoms with Gasteiger partial charge in [0.05, 0.1) is 18.1 Å². The van der Waals surface area contributed by atoms with Crippen molar-refractivity contribution in [2.75, 3.05) is 38.7 Å². The number of benzene rings is 2. The van der Waals surface area contributed by atoms with Crippen LogP contribution in [-0.4, -0.2) is 54.1 Å². The summed E-state index contributed by atoms with van der Waals surface area (Å²) in [6.07, 6.45) is 0. The summed E-state index contributed by atoms with van der Waals surface area (Å²) in [6.45, 7) is 6.83. The Hall–Kier alpha value is -3.23. The zero-order valence-corrected chi connectivity index (χ0v) is 18.9. The van der Waals surface area contributed by atoms with Crippen molar-refractivity contribution in [2.45, 2.75) is 12.0 Å². The highest BCUT2D eigenvalue weighted by molar-refractivity contribution is 5.63. The van der Waals surface area contributed by atoms with Gasteiger partial charge in [0.25, 0.3) is 0 Å². The Labute approximate surface area is 192 Å². The second-order valence-electron chi connectivity index (χ2n) is 8.32. The molecule has 0 bridgehead atoms. The standard InChI is InChI=1S/C25H29F2N5O/c1-17(29-25-14-23(30-31(25)2)18-7-5-4-6-8-18)28-24-16-32(9-10-33-3)15-22(24)19-11-20(26)13-21(27)12-19/h4-8,11-14,22,24,28-29H,1,9-10,15-16H2,2-3H3/t22-,24+/m0/s1. The number of anilines is 1. The molecular weight excluding hydrogens is 424 g/mol. The van der Waals surface area contributed by atoms with Crippen molar-refractivity contribution in [3.63, 3.8) is 0 Å². The van der Waals surface area contributed by atoms with Crippen LogP contribution in [0.15, 0.2) is 67.0 Å². The van der Waals surface area contributed by atoms with E-state index >= 15 is 0 Å². The number of methoxy groups -OCH3 is 1. The van der Waals surface area contributed by atoms with Gasteiger partial charge < -0.3 is 15.4 Å². The minimum Gasteiger partial charge on any atom is -0.383 e. The smallest absolute Gasteiger partial charge is 0.130 e. The summed E-state index contributed by atoms with van der Waals surface area (Å²) < 4.78 is 34.8. The van der Waals surface area contributed by atoms with Gasteiger partial charge in [-0.25, -0.2) is 8.78 Å². The Morgan fingerprint density at radius 1 is 1.12 bits per heavy atom. The lowest BCUT2D eigenvalue weighted by atomic mass is 9.94. The van der Waals surface area contributed by atoms with E-state index in [-0.39, 0.29) is 12.0 Å². The number of halogens is 2. The number of likely N-dealkylation sites (tertiary alicyclic amines) is 1. The molecule has 0 amide bonds. The van der Waals surface area contributed by atoms with Crippen molar-refractivity contribution < 1.29 is 13.5 Å². The monoisotopic (exact) mass is 453 g/mol. The Morgan fingerprint density at radius 2 is 1.85 bits per heavy atom. The Kier molecular flexibility index (Phi) is 7.05. The molecular formula is C25H29F2N5O. The molecule has 2 heterocycles. The van der Waals surface area contributed by atoms with Gasteiger partial charge in [-0.15, -0.1) is 0 Å². The maximum absolute atomic E-state index is 13.9. The summed E-state index contributed by atoms with van der Waals surface area (Å²) in [4.78, 5) is 2.22. The minimum absolute atomic E-state index is 0.0788. The van der Waals surface area contributed by atoms with Gasteiger partial charge in [0.1, 0.15) is 17.5 Å². The van der Waals surface area contributed by atoms with E-state index in [1.54, 1.807) is 11.8 Å². The molecule has 2 aromatic carbocycles. The zero-order chi connectivity index (χ0) is 23.4. The highest BCUT2D eigenvalue weighted by Crippen LogP contribution is 2.30. The molecule has 1 aliphatic heterocycles. The molecule has 174 valence electrons. The third-order valence-electron chi connectivity index (χ3n) is 5.91. The van der Waals surface area contributed by atoms with E-state index in [1.807, 2.05) is 43.4 Å². The first-order chi connectivity index (χ1) is 15.9. The summed E-state index contributed by atoms with van der Waals surface area (Å²) in [5.41, 5.74) is 2.51. The molecule has 0 radical (unpaired) electrons. The van der Waals surface area contributed by atoms with Gasteiger partial charge in [-0.1, -0.05) is 36.9 Å². The van der Waals surface area contributed by atoms with Crippen molar-refractivity contribution in [1.29, 1.82) is 0 Å². The fraction of sp³-hybridized carbons (Fsp3) is 0.320. The normalized spacial score (nSPS) is 18.4. The third kappa shape index (κ3) is 5.58. The van der Waals surface area contributed by atoms with Gasteiger partial charge in [-0.2, -0.15) is 5.10 Å². The molecule has 1 aromatic heterocycles. The largest absolute Gasteiger partial charge is 0.383 e. The number of nitrogens with zero attached hydrogens (tertiary/aromatic N) is 3. The topological polar surface area (TPSA) is 54.4 Å². The molecule has 0 saturated carbocycles. The average molecular weight is 454 g/mol. The average Bonchev–Trinajstić information content (AvgIpc) is 3.35. The SMILES string of the molecule is C=C(Nc1cc(-c2ccccc2)nn1C)N[C@@H]1CN(CCOC)C[C@H]1c1cc(F)cc(F)c1. The summed E-state index contributed by atoms with van der Waals surface area (Å²) >= 11 is 0. The highest BCUT2D eigenvalue weighted by Gasteiger charge is 2.34. The van der Waals surface area contributed by atoms with Gasteiger partial charge in [-0.05, 0) is 17.7 Å². The van der Waals surface area contributed by atoms with Crippen LogP contribution in [0.2, 0.25) is 0 Å². The molecule has 0 aliphatic carbocycles. The van der Waals surface area contributed by atoms with E-state index in [9.17, 15) is 8.78 Å². The number of hydrogen-bond donors (Lipinski definition) is 2. The van der Waals surface area contributed by atoms with Crippen LogP contribution in [0.5, 0.6) is 0 Å². The first-order valence-electron chi connectivity index (χ1n) is 10.9. The van der Waals surface area contributed by atoms with Gasteiger partial charge in [0, 0.05) is 63.4 Å². The Morgan fingerprint density at radius 3 is 2.55 bits per heavy atom. The molecule has 4 rings (SSSR count). The van der Waals surface area contributed by atoms with E-state index in [4.69, 9.17) is 4.74 Å². The highest BCUT2D eigenvalue weighted by atomic mass is 19.1. The van der Waals surface area contributed by atoms with Crippen molar-refractivity contribution in [1.82, 2.24) is 20.0 Å². The zero-order valence-electron chi connectivity index (χ0n) is 18.9. The van der Waals surface area contributed by atoms with Crippen LogP contribution in [0, 0.1) is 11.6 Å². The van der Waals surface area contributed by atoms with Gasteiger partial charge >= 0.3 is 0 Å². The fourth-order valence-electron chi connectivity index (χ4n) is 4.31. The number of ether oxygens (including phenoxy) is 1. The van der Waals surface area contributed by atoms with Crippen LogP contribution < -0.4 is 10.6 Å².